The molecule has 0 N–H and O–H groups in total. The summed E-state index contributed by atoms with van der Waals surface area (Å²) < 4.78 is 6.85. The molecular formula is C21H20N2O3S. The lowest BCUT2D eigenvalue weighted by Crippen LogP contribution is -2.12. The van der Waals surface area contributed by atoms with Gasteiger partial charge in [-0.25, -0.2) is 4.79 Å². The quantitative estimate of drug-likeness (QED) is 0.352. The highest BCUT2D eigenvalue weighted by Crippen LogP contribution is 2.21. The van der Waals surface area contributed by atoms with Gasteiger partial charge in [0.05, 0.1) is 12.7 Å². The third kappa shape index (κ3) is 5.24. The fraction of sp³-hybridized carbons (Fsp3) is 0.190. The monoisotopic (exact) mass is 380 g/mol. The first-order chi connectivity index (χ1) is 13.0. The van der Waals surface area contributed by atoms with Gasteiger partial charge in [0.2, 0.25) is 5.78 Å². The summed E-state index contributed by atoms with van der Waals surface area (Å²) in [6.07, 6.45) is 6.46. The number of thiophene rings is 1. The van der Waals surface area contributed by atoms with E-state index in [1.54, 1.807) is 28.3 Å². The van der Waals surface area contributed by atoms with E-state index < -0.39 is 5.97 Å². The molecule has 0 saturated heterocycles. The van der Waals surface area contributed by atoms with Crippen LogP contribution in [0.5, 0.6) is 0 Å². The molecule has 5 nitrogen and oxygen atoms in total. The normalized spacial score (nSPS) is 11.0. The number of ketones is 1. The summed E-state index contributed by atoms with van der Waals surface area (Å²) in [4.78, 5) is 26.0. The number of Topliss-reactive ketones (excluding diaryl/α,β-unsaturated/α-hetero) is 1. The largest absolute Gasteiger partial charge is 0.454 e. The van der Waals surface area contributed by atoms with Crippen molar-refractivity contribution < 1.29 is 14.3 Å². The van der Waals surface area contributed by atoms with Crippen LogP contribution in [0.25, 0.3) is 6.08 Å². The molecule has 0 radical (unpaired) electrons. The van der Waals surface area contributed by atoms with Crippen molar-refractivity contribution in [2.75, 3.05) is 6.61 Å². The number of aromatic nitrogens is 2. The fourth-order valence-corrected chi connectivity index (χ4v) is 3.60. The average Bonchev–Trinajstić information content (AvgIpc) is 3.24. The summed E-state index contributed by atoms with van der Waals surface area (Å²) in [5.74, 6) is -0.738. The zero-order valence-electron chi connectivity index (χ0n) is 15.2. The Morgan fingerprint density at radius 2 is 2.00 bits per heavy atom. The molecule has 0 atom stereocenters. The third-order valence-corrected chi connectivity index (χ3v) is 4.91. The zero-order chi connectivity index (χ0) is 19.2. The Morgan fingerprint density at radius 1 is 1.22 bits per heavy atom. The summed E-state index contributed by atoms with van der Waals surface area (Å²) in [5, 5.41) is 4.28. The van der Waals surface area contributed by atoms with Crippen LogP contribution >= 0.6 is 11.3 Å². The van der Waals surface area contributed by atoms with Crippen LogP contribution in [0.4, 0.5) is 0 Å². The van der Waals surface area contributed by atoms with E-state index in [-0.39, 0.29) is 12.4 Å². The van der Waals surface area contributed by atoms with Crippen LogP contribution in [0.3, 0.4) is 0 Å². The Labute approximate surface area is 161 Å². The maximum atomic E-state index is 12.1. The van der Waals surface area contributed by atoms with Gasteiger partial charge in [-0.15, -0.1) is 11.3 Å². The van der Waals surface area contributed by atoms with Gasteiger partial charge in [0.1, 0.15) is 0 Å². The molecule has 2 aromatic heterocycles. The van der Waals surface area contributed by atoms with Crippen molar-refractivity contribution in [2.45, 2.75) is 20.4 Å². The first-order valence-electron chi connectivity index (χ1n) is 8.53. The summed E-state index contributed by atoms with van der Waals surface area (Å²) in [6.45, 7) is 4.24. The van der Waals surface area contributed by atoms with E-state index in [4.69, 9.17) is 4.74 Å². The van der Waals surface area contributed by atoms with Crippen LogP contribution in [0.2, 0.25) is 0 Å². The Morgan fingerprint density at radius 3 is 2.70 bits per heavy atom. The second-order valence-electron chi connectivity index (χ2n) is 6.15. The van der Waals surface area contributed by atoms with Crippen LogP contribution in [0.15, 0.2) is 54.9 Å². The molecule has 0 unspecified atom stereocenters. The van der Waals surface area contributed by atoms with Gasteiger partial charge in [-0.3, -0.25) is 9.48 Å². The van der Waals surface area contributed by atoms with Gasteiger partial charge in [-0.05, 0) is 31.6 Å². The lowest BCUT2D eigenvalue weighted by Gasteiger charge is -2.01. The number of aryl methyl sites for hydroxylation is 2. The molecule has 0 spiro atoms. The molecule has 0 amide bonds. The molecule has 3 rings (SSSR count). The Bertz CT molecular complexity index is 970. The van der Waals surface area contributed by atoms with E-state index in [2.05, 4.69) is 5.10 Å². The molecule has 0 aliphatic carbocycles. The average molecular weight is 380 g/mol. The van der Waals surface area contributed by atoms with Gasteiger partial charge in [0, 0.05) is 33.2 Å². The number of rotatable bonds is 7. The highest BCUT2D eigenvalue weighted by Gasteiger charge is 2.13. The van der Waals surface area contributed by atoms with Crippen molar-refractivity contribution in [3.8, 4) is 0 Å². The van der Waals surface area contributed by atoms with Crippen molar-refractivity contribution in [1.82, 2.24) is 9.78 Å². The highest BCUT2D eigenvalue weighted by atomic mass is 32.1. The second-order valence-corrected chi connectivity index (χ2v) is 7.61. The van der Waals surface area contributed by atoms with E-state index >= 15 is 0 Å². The first-order valence-corrected chi connectivity index (χ1v) is 9.34. The third-order valence-electron chi connectivity index (χ3n) is 3.94. The van der Waals surface area contributed by atoms with Gasteiger partial charge in [-0.2, -0.15) is 5.10 Å². The standard InChI is InChI=1S/C21H20N2O3S/c1-15-10-19(16(2)27-15)20(24)14-26-21(25)9-8-18-11-22-23(13-18)12-17-6-4-3-5-7-17/h3-11,13H,12,14H2,1-2H3/b9-8+. The minimum absolute atomic E-state index is 0.186. The molecule has 3 aromatic rings. The molecule has 1 aromatic carbocycles. The number of esters is 1. The predicted molar refractivity (Wildman–Crippen MR) is 106 cm³/mol. The highest BCUT2D eigenvalue weighted by molar-refractivity contribution is 7.12. The number of nitrogens with zero attached hydrogens (tertiary/aromatic N) is 2. The van der Waals surface area contributed by atoms with Gasteiger partial charge in [-0.1, -0.05) is 30.3 Å². The molecule has 6 heteroatoms. The molecule has 0 aliphatic heterocycles. The minimum Gasteiger partial charge on any atom is -0.454 e. The summed E-state index contributed by atoms with van der Waals surface area (Å²) >= 11 is 1.56. The number of carbonyl (C=O) groups is 2. The minimum atomic E-state index is -0.552. The molecule has 27 heavy (non-hydrogen) atoms. The maximum absolute atomic E-state index is 12.1. The Hall–Kier alpha value is -2.99. The molecule has 0 aliphatic rings. The molecule has 0 saturated carbocycles. The van der Waals surface area contributed by atoms with E-state index in [9.17, 15) is 9.59 Å². The number of carbonyl (C=O) groups excluding carboxylic acids is 2. The smallest absolute Gasteiger partial charge is 0.331 e. The van der Waals surface area contributed by atoms with Crippen molar-refractivity contribution in [1.29, 1.82) is 0 Å². The summed E-state index contributed by atoms with van der Waals surface area (Å²) in [7, 11) is 0. The van der Waals surface area contributed by atoms with E-state index in [1.165, 1.54) is 6.08 Å². The van der Waals surface area contributed by atoms with Gasteiger partial charge in [0.15, 0.2) is 6.61 Å². The maximum Gasteiger partial charge on any atom is 0.331 e. The molecule has 0 bridgehead atoms. The summed E-state index contributed by atoms with van der Waals surface area (Å²) in [6, 6.07) is 11.8. The lowest BCUT2D eigenvalue weighted by molar-refractivity contribution is -0.136. The van der Waals surface area contributed by atoms with Crippen molar-refractivity contribution in [2.24, 2.45) is 0 Å². The number of hydrogen-bond acceptors (Lipinski definition) is 5. The van der Waals surface area contributed by atoms with Crippen LogP contribution in [0.1, 0.15) is 31.2 Å². The predicted octanol–water partition coefficient (Wildman–Crippen LogP) is 4.05. The van der Waals surface area contributed by atoms with E-state index in [1.807, 2.05) is 56.4 Å². The van der Waals surface area contributed by atoms with Crippen molar-refractivity contribution in [3.05, 3.63) is 81.3 Å². The van der Waals surface area contributed by atoms with Crippen LogP contribution < -0.4 is 0 Å². The fourth-order valence-electron chi connectivity index (χ4n) is 2.66. The van der Waals surface area contributed by atoms with E-state index in [0.717, 1.165) is 20.9 Å². The van der Waals surface area contributed by atoms with Crippen molar-refractivity contribution >= 4 is 29.2 Å². The van der Waals surface area contributed by atoms with E-state index in [0.29, 0.717) is 12.1 Å². The van der Waals surface area contributed by atoms with Crippen molar-refractivity contribution in [3.63, 3.8) is 0 Å². The molecule has 138 valence electrons. The number of benzene rings is 1. The molecule has 0 fully saturated rings. The first kappa shape index (κ1) is 18.8. The number of hydrogen-bond donors (Lipinski definition) is 0. The number of ether oxygens (including phenoxy) is 1. The van der Waals surface area contributed by atoms with Gasteiger partial charge < -0.3 is 4.74 Å². The van der Waals surface area contributed by atoms with Crippen LogP contribution in [-0.2, 0) is 16.1 Å². The topological polar surface area (TPSA) is 61.2 Å². The molecule has 2 heterocycles. The van der Waals surface area contributed by atoms with Crippen LogP contribution in [-0.4, -0.2) is 28.1 Å². The second kappa shape index (κ2) is 8.60. The lowest BCUT2D eigenvalue weighted by atomic mass is 10.2. The van der Waals surface area contributed by atoms with Gasteiger partial charge >= 0.3 is 5.97 Å². The SMILES string of the molecule is Cc1cc(C(=O)COC(=O)/C=C/c2cnn(Cc3ccccc3)c2)c(C)s1. The van der Waals surface area contributed by atoms with Gasteiger partial charge in [0.25, 0.3) is 0 Å². The van der Waals surface area contributed by atoms with Crippen LogP contribution in [0, 0.1) is 13.8 Å². The Kier molecular flexibility index (Phi) is 5.98. The molecular weight excluding hydrogens is 360 g/mol. The summed E-state index contributed by atoms with van der Waals surface area (Å²) in [5.41, 5.74) is 2.56. The Balaban J connectivity index is 1.51. The zero-order valence-corrected chi connectivity index (χ0v) is 16.0.